The maximum atomic E-state index is 10.1. The highest BCUT2D eigenvalue weighted by molar-refractivity contribution is 6.38. The summed E-state index contributed by atoms with van der Waals surface area (Å²) in [5.41, 5.74) is 9.51. The van der Waals surface area contributed by atoms with Crippen LogP contribution in [0.25, 0.3) is 33.2 Å². The second-order valence-corrected chi connectivity index (χ2v) is 10.5. The van der Waals surface area contributed by atoms with Crippen LogP contribution in [0.15, 0.2) is 30.7 Å². The van der Waals surface area contributed by atoms with Crippen LogP contribution in [0.1, 0.15) is 39.5 Å². The van der Waals surface area contributed by atoms with Crippen molar-refractivity contribution in [3.8, 4) is 11.1 Å². The molecule has 4 aromatic rings. The molecule has 4 N–H and O–H groups in total. The average Bonchev–Trinajstić information content (AvgIpc) is 3.41. The van der Waals surface area contributed by atoms with Gasteiger partial charge in [-0.15, -0.1) is 0 Å². The molecule has 5 heterocycles. The van der Waals surface area contributed by atoms with Crippen LogP contribution in [-0.4, -0.2) is 53.6 Å². The predicted molar refractivity (Wildman–Crippen MR) is 130 cm³/mol. The van der Waals surface area contributed by atoms with Crippen molar-refractivity contribution in [3.05, 3.63) is 35.7 Å². The molecule has 0 spiro atoms. The zero-order valence-electron chi connectivity index (χ0n) is 18.8. The van der Waals surface area contributed by atoms with Crippen molar-refractivity contribution >= 4 is 39.5 Å². The van der Waals surface area contributed by atoms with E-state index in [0.29, 0.717) is 23.7 Å². The lowest BCUT2D eigenvalue weighted by Gasteiger charge is -2.38. The van der Waals surface area contributed by atoms with Crippen molar-refractivity contribution in [2.75, 3.05) is 4.90 Å². The molecule has 2 saturated heterocycles. The molecule has 172 valence electrons. The van der Waals surface area contributed by atoms with Gasteiger partial charge in [-0.05, 0) is 45.6 Å². The standard InChI is InChI=1S/C24H28ClN7O/c1-24(2,33)12-31-11-18-19(30-31)6-5-16(21(18)25)17-9-28-23-22(17)27-10-20(29-23)32-14-3-4-15(32)8-13(26)7-14/h5-6,9-11,13-15,33H,3-4,7-8,12,26H2,1-2H3,(H,28,29)/t13-,14+,15-. The summed E-state index contributed by atoms with van der Waals surface area (Å²) in [5, 5.41) is 16.1. The highest BCUT2D eigenvalue weighted by Gasteiger charge is 2.40. The van der Waals surface area contributed by atoms with Crippen LogP contribution in [0.2, 0.25) is 5.02 Å². The van der Waals surface area contributed by atoms with Crippen molar-refractivity contribution in [3.63, 3.8) is 0 Å². The molecule has 2 bridgehead atoms. The Balaban J connectivity index is 1.37. The van der Waals surface area contributed by atoms with E-state index in [9.17, 15) is 5.11 Å². The van der Waals surface area contributed by atoms with Gasteiger partial charge < -0.3 is 20.7 Å². The molecule has 0 amide bonds. The third-order valence-electron chi connectivity index (χ3n) is 6.91. The van der Waals surface area contributed by atoms with Gasteiger partial charge in [-0.25, -0.2) is 9.97 Å². The van der Waals surface area contributed by atoms with Gasteiger partial charge in [0, 0.05) is 47.0 Å². The first-order valence-electron chi connectivity index (χ1n) is 11.5. The fourth-order valence-electron chi connectivity index (χ4n) is 5.60. The smallest absolute Gasteiger partial charge is 0.159 e. The Morgan fingerprint density at radius 3 is 2.70 bits per heavy atom. The first kappa shape index (κ1) is 20.9. The Morgan fingerprint density at radius 2 is 1.97 bits per heavy atom. The molecule has 1 aromatic carbocycles. The number of aromatic nitrogens is 5. The summed E-state index contributed by atoms with van der Waals surface area (Å²) in [7, 11) is 0. The Kier molecular flexibility index (Phi) is 4.69. The van der Waals surface area contributed by atoms with Gasteiger partial charge in [0.05, 0.1) is 28.9 Å². The number of nitrogens with one attached hydrogen (secondary N) is 1. The minimum Gasteiger partial charge on any atom is -0.389 e. The number of piperidine rings is 1. The van der Waals surface area contributed by atoms with Crippen molar-refractivity contribution in [2.24, 2.45) is 5.73 Å². The first-order valence-corrected chi connectivity index (χ1v) is 11.9. The van der Waals surface area contributed by atoms with Gasteiger partial charge in [-0.3, -0.25) is 4.68 Å². The van der Waals surface area contributed by atoms with Gasteiger partial charge in [0.1, 0.15) is 11.3 Å². The van der Waals surface area contributed by atoms with Crippen LogP contribution in [0, 0.1) is 0 Å². The van der Waals surface area contributed by atoms with E-state index in [2.05, 4.69) is 15.0 Å². The topological polar surface area (TPSA) is 109 Å². The normalized spacial score (nSPS) is 23.2. The van der Waals surface area contributed by atoms with Gasteiger partial charge >= 0.3 is 0 Å². The molecule has 0 radical (unpaired) electrons. The molecule has 2 fully saturated rings. The SMILES string of the molecule is CC(C)(O)Cn1cc2c(Cl)c(-c3c[nH]c4nc(N5[C@@H]6CC[C@H]5C[C@@H](N)C6)cnc34)ccc2n1. The predicted octanol–water partition coefficient (Wildman–Crippen LogP) is 3.86. The maximum absolute atomic E-state index is 10.1. The van der Waals surface area contributed by atoms with Crippen LogP contribution in [0.5, 0.6) is 0 Å². The van der Waals surface area contributed by atoms with Crippen LogP contribution in [0.3, 0.4) is 0 Å². The van der Waals surface area contributed by atoms with E-state index in [-0.39, 0.29) is 6.04 Å². The zero-order chi connectivity index (χ0) is 22.9. The van der Waals surface area contributed by atoms with Crippen molar-refractivity contribution in [1.82, 2.24) is 24.7 Å². The van der Waals surface area contributed by atoms with E-state index in [0.717, 1.165) is 51.9 Å². The highest BCUT2D eigenvalue weighted by atomic mass is 35.5. The number of fused-ring (bicyclic) bond motifs is 4. The van der Waals surface area contributed by atoms with E-state index in [1.54, 1.807) is 18.5 Å². The van der Waals surface area contributed by atoms with Crippen LogP contribution >= 0.6 is 11.6 Å². The van der Waals surface area contributed by atoms with E-state index in [1.807, 2.05) is 30.7 Å². The van der Waals surface area contributed by atoms with Gasteiger partial charge in [0.2, 0.25) is 0 Å². The van der Waals surface area contributed by atoms with Crippen molar-refractivity contribution in [1.29, 1.82) is 0 Å². The van der Waals surface area contributed by atoms with E-state index in [1.165, 1.54) is 12.8 Å². The number of anilines is 1. The molecule has 33 heavy (non-hydrogen) atoms. The molecule has 3 atom stereocenters. The summed E-state index contributed by atoms with van der Waals surface area (Å²) in [6.45, 7) is 3.90. The number of aromatic amines is 1. The minimum atomic E-state index is -0.861. The zero-order valence-corrected chi connectivity index (χ0v) is 19.5. The summed E-state index contributed by atoms with van der Waals surface area (Å²) in [4.78, 5) is 15.5. The van der Waals surface area contributed by atoms with E-state index >= 15 is 0 Å². The third kappa shape index (κ3) is 3.57. The monoisotopic (exact) mass is 465 g/mol. The summed E-state index contributed by atoms with van der Waals surface area (Å²) in [5.74, 6) is 0.921. The second-order valence-electron chi connectivity index (χ2n) is 10.2. The molecular formula is C24H28ClN7O. The molecule has 2 aliphatic heterocycles. The maximum Gasteiger partial charge on any atom is 0.159 e. The Hall–Kier alpha value is -2.68. The van der Waals surface area contributed by atoms with Gasteiger partial charge in [-0.2, -0.15) is 5.10 Å². The van der Waals surface area contributed by atoms with Crippen LogP contribution < -0.4 is 10.6 Å². The quantitative estimate of drug-likeness (QED) is 0.422. The molecule has 0 saturated carbocycles. The average molecular weight is 466 g/mol. The summed E-state index contributed by atoms with van der Waals surface area (Å²) in [6.07, 6.45) is 10.1. The lowest BCUT2D eigenvalue weighted by atomic mass is 9.98. The summed E-state index contributed by atoms with van der Waals surface area (Å²) < 4.78 is 1.74. The number of rotatable bonds is 4. The van der Waals surface area contributed by atoms with Crippen LogP contribution in [0.4, 0.5) is 5.82 Å². The van der Waals surface area contributed by atoms with Gasteiger partial charge in [-0.1, -0.05) is 17.7 Å². The third-order valence-corrected chi connectivity index (χ3v) is 7.32. The fourth-order valence-corrected chi connectivity index (χ4v) is 5.91. The minimum absolute atomic E-state index is 0.289. The number of aliphatic hydroxyl groups is 1. The Labute approximate surface area is 196 Å². The first-order chi connectivity index (χ1) is 15.8. The fraction of sp³-hybridized carbons (Fsp3) is 0.458. The molecule has 0 aliphatic carbocycles. The van der Waals surface area contributed by atoms with E-state index in [4.69, 9.17) is 27.3 Å². The molecule has 8 nitrogen and oxygen atoms in total. The highest BCUT2D eigenvalue weighted by Crippen LogP contribution is 2.40. The largest absolute Gasteiger partial charge is 0.389 e. The number of H-pyrrole nitrogens is 1. The number of nitrogens with two attached hydrogens (primary N) is 1. The number of hydrogen-bond donors (Lipinski definition) is 3. The lowest BCUT2D eigenvalue weighted by molar-refractivity contribution is 0.0580. The summed E-state index contributed by atoms with van der Waals surface area (Å²) >= 11 is 6.83. The molecule has 0 unspecified atom stereocenters. The lowest BCUT2D eigenvalue weighted by Crippen LogP contribution is -2.47. The van der Waals surface area contributed by atoms with E-state index < -0.39 is 5.60 Å². The number of nitrogens with zero attached hydrogens (tertiary/aromatic N) is 5. The Bertz CT molecular complexity index is 1340. The van der Waals surface area contributed by atoms with Crippen LogP contribution in [-0.2, 0) is 6.54 Å². The van der Waals surface area contributed by atoms with Gasteiger partial charge in [0.25, 0.3) is 0 Å². The summed E-state index contributed by atoms with van der Waals surface area (Å²) in [6, 6.07) is 5.12. The van der Waals surface area contributed by atoms with Crippen molar-refractivity contribution < 1.29 is 5.11 Å². The van der Waals surface area contributed by atoms with Crippen molar-refractivity contribution in [2.45, 2.75) is 69.8 Å². The molecule has 9 heteroatoms. The number of hydrogen-bond acceptors (Lipinski definition) is 6. The second kappa shape index (κ2) is 7.41. The number of halogens is 1. The molecule has 2 aliphatic rings. The molecule has 3 aromatic heterocycles. The molecule has 6 rings (SSSR count). The Morgan fingerprint density at radius 1 is 1.21 bits per heavy atom. The van der Waals surface area contributed by atoms with Gasteiger partial charge in [0.15, 0.2) is 5.65 Å². The number of benzene rings is 1. The molecular weight excluding hydrogens is 438 g/mol.